The van der Waals surface area contributed by atoms with E-state index in [0.29, 0.717) is 5.90 Å². The molecule has 0 N–H and O–H groups in total. The van der Waals surface area contributed by atoms with Crippen LogP contribution in [0.1, 0.15) is 6.42 Å². The highest BCUT2D eigenvalue weighted by Crippen LogP contribution is 2.18. The average molecular weight is 250 g/mol. The summed E-state index contributed by atoms with van der Waals surface area (Å²) in [4.78, 5) is 17.3. The molecule has 98 valence electrons. The molecule has 0 spiro atoms. The minimum absolute atomic E-state index is 0.0517. The van der Waals surface area contributed by atoms with Crippen molar-refractivity contribution in [1.82, 2.24) is 4.90 Å². The summed E-state index contributed by atoms with van der Waals surface area (Å²) >= 11 is 0. The van der Waals surface area contributed by atoms with Crippen molar-refractivity contribution < 1.29 is 14.3 Å². The maximum Gasteiger partial charge on any atom is 0.231 e. The number of rotatable bonds is 4. The monoisotopic (exact) mass is 250 g/mol. The van der Waals surface area contributed by atoms with Crippen LogP contribution < -0.4 is 4.74 Å². The van der Waals surface area contributed by atoms with Gasteiger partial charge in [0.1, 0.15) is 12.2 Å². The van der Waals surface area contributed by atoms with Crippen molar-refractivity contribution in [1.29, 1.82) is 0 Å². The minimum atomic E-state index is -0.0517. The second-order valence-corrected chi connectivity index (χ2v) is 3.87. The Morgan fingerprint density at radius 3 is 2.28 bits per heavy atom. The summed E-state index contributed by atoms with van der Waals surface area (Å²) in [6, 6.07) is 7.22. The number of ether oxygens (including phenoxy) is 2. The third kappa shape index (κ3) is 4.08. The van der Waals surface area contributed by atoms with Crippen LogP contribution in [0.2, 0.25) is 0 Å². The summed E-state index contributed by atoms with van der Waals surface area (Å²) in [7, 11) is 6.51. The Labute approximate surface area is 107 Å². The fourth-order valence-corrected chi connectivity index (χ4v) is 1.25. The van der Waals surface area contributed by atoms with Crippen LogP contribution in [0.15, 0.2) is 29.3 Å². The molecule has 0 aliphatic heterocycles. The molecular formula is C13H18N2O3. The van der Waals surface area contributed by atoms with E-state index >= 15 is 0 Å². The lowest BCUT2D eigenvalue weighted by molar-refractivity contribution is -0.127. The summed E-state index contributed by atoms with van der Waals surface area (Å²) in [6.45, 7) is 0. The highest BCUT2D eigenvalue weighted by atomic mass is 16.5. The van der Waals surface area contributed by atoms with Gasteiger partial charge in [0.2, 0.25) is 5.91 Å². The van der Waals surface area contributed by atoms with E-state index < -0.39 is 0 Å². The van der Waals surface area contributed by atoms with Gasteiger partial charge in [0.05, 0.1) is 19.9 Å². The van der Waals surface area contributed by atoms with Gasteiger partial charge in [-0.2, -0.15) is 0 Å². The Hall–Kier alpha value is -2.04. The van der Waals surface area contributed by atoms with E-state index in [1.54, 1.807) is 45.5 Å². The zero-order valence-electron chi connectivity index (χ0n) is 11.1. The van der Waals surface area contributed by atoms with Gasteiger partial charge in [-0.05, 0) is 24.3 Å². The molecule has 0 saturated carbocycles. The van der Waals surface area contributed by atoms with E-state index in [9.17, 15) is 4.79 Å². The molecule has 0 atom stereocenters. The summed E-state index contributed by atoms with van der Waals surface area (Å²) in [5.41, 5.74) is 0.721. The van der Waals surface area contributed by atoms with Crippen LogP contribution in [0.3, 0.4) is 0 Å². The number of carbonyl (C=O) groups is 1. The van der Waals surface area contributed by atoms with Gasteiger partial charge in [-0.15, -0.1) is 0 Å². The fourth-order valence-electron chi connectivity index (χ4n) is 1.25. The standard InChI is InChI=1S/C13H18N2O3/c1-15(2)13(16)9-12(18-4)14-10-5-7-11(17-3)8-6-10/h5-8H,9H2,1-4H3. The van der Waals surface area contributed by atoms with E-state index in [1.165, 1.54) is 12.0 Å². The van der Waals surface area contributed by atoms with Crippen LogP contribution >= 0.6 is 0 Å². The van der Waals surface area contributed by atoms with Crippen LogP contribution in [0.4, 0.5) is 5.69 Å². The quantitative estimate of drug-likeness (QED) is 0.605. The number of aliphatic imine (C=N–C) groups is 1. The molecule has 0 fully saturated rings. The zero-order valence-corrected chi connectivity index (χ0v) is 11.1. The molecule has 0 unspecified atom stereocenters. The smallest absolute Gasteiger partial charge is 0.231 e. The van der Waals surface area contributed by atoms with Crippen molar-refractivity contribution in [2.45, 2.75) is 6.42 Å². The zero-order chi connectivity index (χ0) is 13.5. The number of benzene rings is 1. The topological polar surface area (TPSA) is 51.1 Å². The first-order valence-electron chi connectivity index (χ1n) is 5.52. The molecule has 0 saturated heterocycles. The van der Waals surface area contributed by atoms with E-state index in [4.69, 9.17) is 9.47 Å². The Morgan fingerprint density at radius 2 is 1.83 bits per heavy atom. The van der Waals surface area contributed by atoms with Crippen molar-refractivity contribution in [3.8, 4) is 5.75 Å². The van der Waals surface area contributed by atoms with Crippen LogP contribution in [0, 0.1) is 0 Å². The fraction of sp³-hybridized carbons (Fsp3) is 0.385. The lowest BCUT2D eigenvalue weighted by atomic mass is 10.3. The van der Waals surface area contributed by atoms with E-state index in [0.717, 1.165) is 11.4 Å². The Balaban J connectivity index is 2.79. The van der Waals surface area contributed by atoms with Gasteiger partial charge in [0, 0.05) is 14.1 Å². The molecule has 0 bridgehead atoms. The van der Waals surface area contributed by atoms with Crippen LogP contribution in [0.25, 0.3) is 0 Å². The third-order valence-electron chi connectivity index (χ3n) is 2.36. The highest BCUT2D eigenvalue weighted by Gasteiger charge is 2.09. The Bertz CT molecular complexity index is 424. The number of amides is 1. The molecule has 1 aromatic carbocycles. The average Bonchev–Trinajstić information content (AvgIpc) is 2.38. The summed E-state index contributed by atoms with van der Waals surface area (Å²) in [6.07, 6.45) is 0.148. The van der Waals surface area contributed by atoms with Gasteiger partial charge in [-0.25, -0.2) is 4.99 Å². The molecule has 0 aromatic heterocycles. The van der Waals surface area contributed by atoms with Crippen LogP contribution in [-0.4, -0.2) is 45.0 Å². The highest BCUT2D eigenvalue weighted by molar-refractivity contribution is 5.97. The first kappa shape index (κ1) is 14.0. The number of methoxy groups -OCH3 is 2. The van der Waals surface area contributed by atoms with Gasteiger partial charge in [0.25, 0.3) is 0 Å². The van der Waals surface area contributed by atoms with Crippen molar-refractivity contribution >= 4 is 17.5 Å². The molecule has 0 heterocycles. The molecule has 0 aliphatic carbocycles. The van der Waals surface area contributed by atoms with E-state index in [1.807, 2.05) is 0 Å². The van der Waals surface area contributed by atoms with Crippen molar-refractivity contribution in [2.24, 2.45) is 4.99 Å². The number of nitrogens with zero attached hydrogens (tertiary/aromatic N) is 2. The van der Waals surface area contributed by atoms with Gasteiger partial charge >= 0.3 is 0 Å². The minimum Gasteiger partial charge on any atom is -0.497 e. The SMILES string of the molecule is COC(CC(=O)N(C)C)=Nc1ccc(OC)cc1. The lowest BCUT2D eigenvalue weighted by Crippen LogP contribution is -2.24. The summed E-state index contributed by atoms with van der Waals surface area (Å²) in [5.74, 6) is 1.10. The van der Waals surface area contributed by atoms with Crippen molar-refractivity contribution in [2.75, 3.05) is 28.3 Å². The van der Waals surface area contributed by atoms with Crippen molar-refractivity contribution in [3.05, 3.63) is 24.3 Å². The lowest BCUT2D eigenvalue weighted by Gasteiger charge is -2.11. The predicted octanol–water partition coefficient (Wildman–Crippen LogP) is 1.85. The third-order valence-corrected chi connectivity index (χ3v) is 2.36. The molecular weight excluding hydrogens is 232 g/mol. The molecule has 5 nitrogen and oxygen atoms in total. The second-order valence-electron chi connectivity index (χ2n) is 3.87. The summed E-state index contributed by atoms with van der Waals surface area (Å²) < 4.78 is 10.2. The van der Waals surface area contributed by atoms with Gasteiger partial charge in [0.15, 0.2) is 5.90 Å². The molecule has 0 aliphatic rings. The van der Waals surface area contributed by atoms with E-state index in [2.05, 4.69) is 4.99 Å². The first-order valence-corrected chi connectivity index (χ1v) is 5.52. The van der Waals surface area contributed by atoms with Gasteiger partial charge < -0.3 is 14.4 Å². The Morgan fingerprint density at radius 1 is 1.22 bits per heavy atom. The van der Waals surface area contributed by atoms with Crippen molar-refractivity contribution in [3.63, 3.8) is 0 Å². The summed E-state index contributed by atoms with van der Waals surface area (Å²) in [5, 5.41) is 0. The second kappa shape index (κ2) is 6.64. The molecule has 18 heavy (non-hydrogen) atoms. The number of hydrogen-bond acceptors (Lipinski definition) is 4. The maximum absolute atomic E-state index is 11.5. The van der Waals surface area contributed by atoms with Gasteiger partial charge in [-0.3, -0.25) is 4.79 Å². The molecule has 1 amide bonds. The van der Waals surface area contributed by atoms with E-state index in [-0.39, 0.29) is 12.3 Å². The molecule has 1 aromatic rings. The normalized spacial score (nSPS) is 11.0. The predicted molar refractivity (Wildman–Crippen MR) is 70.4 cm³/mol. The van der Waals surface area contributed by atoms with Crippen LogP contribution in [0.5, 0.6) is 5.75 Å². The largest absolute Gasteiger partial charge is 0.497 e. The number of hydrogen-bond donors (Lipinski definition) is 0. The maximum atomic E-state index is 11.5. The Kier molecular flexibility index (Phi) is 5.17. The van der Waals surface area contributed by atoms with Gasteiger partial charge in [-0.1, -0.05) is 0 Å². The number of carbonyl (C=O) groups excluding carboxylic acids is 1. The first-order chi connectivity index (χ1) is 8.56. The molecule has 0 radical (unpaired) electrons. The van der Waals surface area contributed by atoms with Crippen LogP contribution in [-0.2, 0) is 9.53 Å². The molecule has 1 rings (SSSR count). The molecule has 5 heteroatoms.